The molecule has 1 heterocycles. The van der Waals surface area contributed by atoms with E-state index in [1.807, 2.05) is 0 Å². The first-order valence-electron chi connectivity index (χ1n) is 5.69. The Kier molecular flexibility index (Phi) is 3.06. The predicted molar refractivity (Wildman–Crippen MR) is 53.9 cm³/mol. The maximum Gasteiger partial charge on any atom is 0.249 e. The van der Waals surface area contributed by atoms with E-state index in [1.165, 1.54) is 12.8 Å². The summed E-state index contributed by atoms with van der Waals surface area (Å²) < 4.78 is 5.35. The molecule has 1 aliphatic heterocycles. The van der Waals surface area contributed by atoms with Crippen molar-refractivity contribution < 1.29 is 9.53 Å². The van der Waals surface area contributed by atoms with Crippen LogP contribution in [-0.2, 0) is 9.53 Å². The second-order valence-electron chi connectivity index (χ2n) is 4.52. The molecule has 0 spiro atoms. The second kappa shape index (κ2) is 4.30. The van der Waals surface area contributed by atoms with Gasteiger partial charge in [-0.15, -0.1) is 0 Å². The van der Waals surface area contributed by atoms with Gasteiger partial charge in [0, 0.05) is 12.6 Å². The molecular weight excluding hydrogens is 178 g/mol. The highest BCUT2D eigenvalue weighted by Gasteiger charge is 2.29. The average molecular weight is 197 g/mol. The van der Waals surface area contributed by atoms with Gasteiger partial charge in [-0.1, -0.05) is 13.3 Å². The summed E-state index contributed by atoms with van der Waals surface area (Å²) in [6, 6.07) is 0.395. The number of ether oxygens (including phenoxy) is 1. The number of nitrogens with one attached hydrogen (secondary N) is 1. The molecule has 3 nitrogen and oxygen atoms in total. The molecule has 80 valence electrons. The highest BCUT2D eigenvalue weighted by Crippen LogP contribution is 2.25. The van der Waals surface area contributed by atoms with Gasteiger partial charge in [-0.25, -0.2) is 0 Å². The van der Waals surface area contributed by atoms with E-state index in [0.29, 0.717) is 12.0 Å². The van der Waals surface area contributed by atoms with Crippen LogP contribution >= 0.6 is 0 Å². The molecule has 14 heavy (non-hydrogen) atoms. The van der Waals surface area contributed by atoms with Gasteiger partial charge >= 0.3 is 0 Å². The Bertz CT molecular complexity index is 211. The molecule has 0 aromatic heterocycles. The Morgan fingerprint density at radius 3 is 2.71 bits per heavy atom. The average Bonchev–Trinajstić information content (AvgIpc) is 2.77. The number of carbonyl (C=O) groups excluding carboxylic acids is 1. The third-order valence-electron chi connectivity index (χ3n) is 3.41. The van der Waals surface area contributed by atoms with Crippen molar-refractivity contribution in [1.82, 2.24) is 5.32 Å². The molecule has 0 aromatic rings. The summed E-state index contributed by atoms with van der Waals surface area (Å²) in [7, 11) is 0. The summed E-state index contributed by atoms with van der Waals surface area (Å²) in [6.45, 7) is 2.96. The maximum atomic E-state index is 11.7. The van der Waals surface area contributed by atoms with Crippen molar-refractivity contribution in [3.8, 4) is 0 Å². The van der Waals surface area contributed by atoms with Crippen molar-refractivity contribution in [3.05, 3.63) is 0 Å². The van der Waals surface area contributed by atoms with Gasteiger partial charge < -0.3 is 10.1 Å². The maximum absolute atomic E-state index is 11.7. The molecule has 3 heteroatoms. The minimum absolute atomic E-state index is 0.112. The van der Waals surface area contributed by atoms with Crippen molar-refractivity contribution in [2.24, 2.45) is 5.92 Å². The summed E-state index contributed by atoms with van der Waals surface area (Å²) in [4.78, 5) is 11.7. The first-order chi connectivity index (χ1) is 6.77. The first kappa shape index (κ1) is 9.97. The van der Waals surface area contributed by atoms with Crippen LogP contribution in [0.3, 0.4) is 0 Å². The molecule has 1 saturated carbocycles. The number of carbonyl (C=O) groups is 1. The van der Waals surface area contributed by atoms with Crippen molar-refractivity contribution >= 4 is 5.91 Å². The third-order valence-corrected chi connectivity index (χ3v) is 3.41. The summed E-state index contributed by atoms with van der Waals surface area (Å²) in [5.41, 5.74) is 0. The Morgan fingerprint density at radius 2 is 2.14 bits per heavy atom. The predicted octanol–water partition coefficient (Wildman–Crippen LogP) is 1.47. The lowest BCUT2D eigenvalue weighted by molar-refractivity contribution is -0.131. The lowest BCUT2D eigenvalue weighted by Gasteiger charge is -2.19. The monoisotopic (exact) mass is 197 g/mol. The van der Waals surface area contributed by atoms with Crippen LogP contribution in [0.4, 0.5) is 0 Å². The highest BCUT2D eigenvalue weighted by molar-refractivity contribution is 5.81. The molecule has 0 radical (unpaired) electrons. The van der Waals surface area contributed by atoms with Gasteiger partial charge in [0.2, 0.25) is 5.91 Å². The number of hydrogen-bond acceptors (Lipinski definition) is 2. The van der Waals surface area contributed by atoms with Crippen LogP contribution in [0.2, 0.25) is 0 Å². The van der Waals surface area contributed by atoms with Crippen LogP contribution in [-0.4, -0.2) is 24.7 Å². The zero-order valence-electron chi connectivity index (χ0n) is 8.79. The normalized spacial score (nSPS) is 37.4. The van der Waals surface area contributed by atoms with E-state index in [2.05, 4.69) is 12.2 Å². The summed E-state index contributed by atoms with van der Waals surface area (Å²) in [5.74, 6) is 0.751. The Hall–Kier alpha value is -0.570. The molecule has 1 unspecified atom stereocenters. The highest BCUT2D eigenvalue weighted by atomic mass is 16.5. The molecule has 2 rings (SSSR count). The second-order valence-corrected chi connectivity index (χ2v) is 4.52. The topological polar surface area (TPSA) is 38.3 Å². The van der Waals surface area contributed by atoms with Crippen LogP contribution in [0.1, 0.15) is 39.0 Å². The fraction of sp³-hybridized carbons (Fsp3) is 0.909. The smallest absolute Gasteiger partial charge is 0.249 e. The first-order valence-corrected chi connectivity index (χ1v) is 5.69. The van der Waals surface area contributed by atoms with E-state index in [-0.39, 0.29) is 12.0 Å². The van der Waals surface area contributed by atoms with Crippen molar-refractivity contribution in [2.75, 3.05) is 6.61 Å². The van der Waals surface area contributed by atoms with E-state index in [0.717, 1.165) is 25.9 Å². The van der Waals surface area contributed by atoms with Crippen LogP contribution in [0.5, 0.6) is 0 Å². The van der Waals surface area contributed by atoms with E-state index >= 15 is 0 Å². The largest absolute Gasteiger partial charge is 0.368 e. The Balaban J connectivity index is 1.81. The summed E-state index contributed by atoms with van der Waals surface area (Å²) in [6.07, 6.45) is 5.39. The van der Waals surface area contributed by atoms with Crippen LogP contribution in [0, 0.1) is 5.92 Å². The van der Waals surface area contributed by atoms with Crippen LogP contribution in [0.15, 0.2) is 0 Å². The molecule has 2 aliphatic rings. The van der Waals surface area contributed by atoms with Crippen molar-refractivity contribution in [3.63, 3.8) is 0 Å². The number of amides is 1. The lowest BCUT2D eigenvalue weighted by Crippen LogP contribution is -2.42. The third kappa shape index (κ3) is 2.08. The van der Waals surface area contributed by atoms with E-state index in [4.69, 9.17) is 4.74 Å². The standard InChI is InChI=1S/C11H19NO2/c1-8-4-2-5-9(8)12-11(13)10-6-3-7-14-10/h8-10H,2-7H2,1H3,(H,12,13)/t8-,9-,10?/m0/s1. The fourth-order valence-corrected chi connectivity index (χ4v) is 2.42. The number of hydrogen-bond donors (Lipinski definition) is 1. The van der Waals surface area contributed by atoms with Gasteiger partial charge in [0.05, 0.1) is 0 Å². The van der Waals surface area contributed by atoms with Gasteiger partial charge in [-0.2, -0.15) is 0 Å². The molecule has 2 fully saturated rings. The minimum atomic E-state index is -0.164. The molecule has 1 amide bonds. The summed E-state index contributed by atoms with van der Waals surface area (Å²) in [5, 5.41) is 3.11. The molecule has 1 N–H and O–H groups in total. The molecule has 0 aromatic carbocycles. The van der Waals surface area contributed by atoms with Gasteiger partial charge in [0.15, 0.2) is 0 Å². The zero-order valence-corrected chi connectivity index (χ0v) is 8.79. The van der Waals surface area contributed by atoms with E-state index < -0.39 is 0 Å². The molecule has 3 atom stereocenters. The van der Waals surface area contributed by atoms with Gasteiger partial charge in [-0.05, 0) is 31.6 Å². The van der Waals surface area contributed by atoms with Gasteiger partial charge in [0.25, 0.3) is 0 Å². The Labute approximate surface area is 85.2 Å². The van der Waals surface area contributed by atoms with Gasteiger partial charge in [-0.3, -0.25) is 4.79 Å². The minimum Gasteiger partial charge on any atom is -0.368 e. The van der Waals surface area contributed by atoms with Crippen LogP contribution in [0.25, 0.3) is 0 Å². The number of rotatable bonds is 2. The summed E-state index contributed by atoms with van der Waals surface area (Å²) >= 11 is 0. The molecule has 1 saturated heterocycles. The molecule has 0 bridgehead atoms. The van der Waals surface area contributed by atoms with E-state index in [1.54, 1.807) is 0 Å². The quantitative estimate of drug-likeness (QED) is 0.728. The van der Waals surface area contributed by atoms with Gasteiger partial charge in [0.1, 0.15) is 6.10 Å². The lowest BCUT2D eigenvalue weighted by atomic mass is 10.1. The molecular formula is C11H19NO2. The van der Waals surface area contributed by atoms with Crippen molar-refractivity contribution in [1.29, 1.82) is 0 Å². The van der Waals surface area contributed by atoms with E-state index in [9.17, 15) is 4.79 Å². The molecule has 1 aliphatic carbocycles. The van der Waals surface area contributed by atoms with Crippen molar-refractivity contribution in [2.45, 2.75) is 51.2 Å². The zero-order chi connectivity index (χ0) is 9.97. The fourth-order valence-electron chi connectivity index (χ4n) is 2.42. The Morgan fingerprint density at radius 1 is 1.29 bits per heavy atom. The van der Waals surface area contributed by atoms with Crippen LogP contribution < -0.4 is 5.32 Å². The SMILES string of the molecule is C[C@H]1CCC[C@@H]1NC(=O)C1CCCO1.